The highest BCUT2D eigenvalue weighted by Gasteiger charge is 2.34. The zero-order chi connectivity index (χ0) is 21.6. The highest BCUT2D eigenvalue weighted by molar-refractivity contribution is 6.68. The number of aryl methyl sites for hydroxylation is 1. The van der Waals surface area contributed by atoms with Crippen LogP contribution in [0.15, 0.2) is 89.1 Å². The number of azo groups is 1. The van der Waals surface area contributed by atoms with E-state index in [2.05, 4.69) is 20.9 Å². The molecule has 1 atom stereocenters. The summed E-state index contributed by atoms with van der Waals surface area (Å²) in [4.78, 5) is 12.5. The normalized spacial score (nSPS) is 12.5. The number of nitrogens with zero attached hydrogens (tertiary/aromatic N) is 2. The molecule has 8 heteroatoms. The first-order chi connectivity index (χ1) is 14.3. The van der Waals surface area contributed by atoms with Gasteiger partial charge in [0, 0.05) is 11.3 Å². The monoisotopic (exact) mass is 460 g/mol. The van der Waals surface area contributed by atoms with E-state index in [4.69, 9.17) is 34.8 Å². The third kappa shape index (κ3) is 6.46. The standard InChI is InChI=1S/C22H19Cl3N4O/c1-15-7-9-16(10-8-15)20(30)27-21(22(23,24)25)26-17-11-13-19(14-12-17)29-28-18-5-3-2-4-6-18/h2-14,21,26H,1H3,(H,27,30). The van der Waals surface area contributed by atoms with Crippen LogP contribution in [0.4, 0.5) is 17.1 Å². The molecule has 3 rings (SSSR count). The maximum atomic E-state index is 12.5. The van der Waals surface area contributed by atoms with Crippen molar-refractivity contribution in [2.75, 3.05) is 5.32 Å². The fourth-order valence-electron chi connectivity index (χ4n) is 2.52. The Bertz CT molecular complexity index is 1000. The molecule has 0 spiro atoms. The van der Waals surface area contributed by atoms with Gasteiger partial charge < -0.3 is 10.6 Å². The van der Waals surface area contributed by atoms with Crippen LogP contribution in [0.5, 0.6) is 0 Å². The second-order valence-corrected chi connectivity index (χ2v) is 8.91. The molecule has 0 heterocycles. The van der Waals surface area contributed by atoms with Crippen LogP contribution in [0.2, 0.25) is 0 Å². The minimum Gasteiger partial charge on any atom is -0.362 e. The Kier molecular flexibility index (Phi) is 7.32. The zero-order valence-corrected chi connectivity index (χ0v) is 18.3. The van der Waals surface area contributed by atoms with Gasteiger partial charge in [-0.3, -0.25) is 4.79 Å². The number of hydrogen-bond donors (Lipinski definition) is 2. The Labute approximate surface area is 190 Å². The van der Waals surface area contributed by atoms with Crippen molar-refractivity contribution in [2.24, 2.45) is 10.2 Å². The predicted octanol–water partition coefficient (Wildman–Crippen LogP) is 6.95. The van der Waals surface area contributed by atoms with Crippen molar-refractivity contribution in [1.82, 2.24) is 5.32 Å². The van der Waals surface area contributed by atoms with Gasteiger partial charge in [0.1, 0.15) is 6.17 Å². The van der Waals surface area contributed by atoms with Gasteiger partial charge in [-0.15, -0.1) is 0 Å². The number of carbonyl (C=O) groups excluding carboxylic acids is 1. The topological polar surface area (TPSA) is 65.8 Å². The smallest absolute Gasteiger partial charge is 0.252 e. The summed E-state index contributed by atoms with van der Waals surface area (Å²) in [5.74, 6) is -0.355. The molecule has 0 aliphatic heterocycles. The summed E-state index contributed by atoms with van der Waals surface area (Å²) >= 11 is 18.2. The van der Waals surface area contributed by atoms with Crippen molar-refractivity contribution in [1.29, 1.82) is 0 Å². The minimum atomic E-state index is -1.77. The molecular weight excluding hydrogens is 443 g/mol. The lowest BCUT2D eigenvalue weighted by atomic mass is 10.1. The van der Waals surface area contributed by atoms with Crippen molar-refractivity contribution < 1.29 is 4.79 Å². The third-order valence-corrected chi connectivity index (χ3v) is 4.79. The van der Waals surface area contributed by atoms with Crippen LogP contribution in [0, 0.1) is 6.92 Å². The van der Waals surface area contributed by atoms with Crippen LogP contribution in [-0.2, 0) is 0 Å². The maximum absolute atomic E-state index is 12.5. The average Bonchev–Trinajstić information content (AvgIpc) is 2.73. The van der Waals surface area contributed by atoms with Crippen molar-refractivity contribution in [2.45, 2.75) is 16.9 Å². The van der Waals surface area contributed by atoms with Gasteiger partial charge in [-0.2, -0.15) is 10.2 Å². The molecular formula is C22H19Cl3N4O. The number of rotatable bonds is 6. The van der Waals surface area contributed by atoms with E-state index < -0.39 is 9.96 Å². The van der Waals surface area contributed by atoms with Gasteiger partial charge in [-0.25, -0.2) is 0 Å². The molecule has 0 aliphatic rings. The van der Waals surface area contributed by atoms with E-state index in [1.54, 1.807) is 36.4 Å². The van der Waals surface area contributed by atoms with Crippen LogP contribution in [0.1, 0.15) is 15.9 Å². The largest absolute Gasteiger partial charge is 0.362 e. The van der Waals surface area contributed by atoms with Crippen LogP contribution < -0.4 is 10.6 Å². The predicted molar refractivity (Wildman–Crippen MR) is 123 cm³/mol. The molecule has 0 saturated heterocycles. The van der Waals surface area contributed by atoms with Crippen molar-refractivity contribution in [3.63, 3.8) is 0 Å². The Morgan fingerprint density at radius 1 is 0.833 bits per heavy atom. The van der Waals surface area contributed by atoms with Gasteiger partial charge in [0.15, 0.2) is 0 Å². The van der Waals surface area contributed by atoms with Gasteiger partial charge >= 0.3 is 0 Å². The van der Waals surface area contributed by atoms with Gasteiger partial charge in [-0.1, -0.05) is 70.7 Å². The Morgan fingerprint density at radius 3 is 1.97 bits per heavy atom. The van der Waals surface area contributed by atoms with Gasteiger partial charge in [0.2, 0.25) is 3.79 Å². The second-order valence-electron chi connectivity index (χ2n) is 6.54. The van der Waals surface area contributed by atoms with E-state index in [0.29, 0.717) is 16.9 Å². The summed E-state index contributed by atoms with van der Waals surface area (Å²) in [5.41, 5.74) is 3.59. The number of amides is 1. The van der Waals surface area contributed by atoms with Crippen molar-refractivity contribution in [3.05, 3.63) is 90.0 Å². The number of hydrogen-bond acceptors (Lipinski definition) is 4. The highest BCUT2D eigenvalue weighted by Crippen LogP contribution is 2.31. The molecule has 2 N–H and O–H groups in total. The Morgan fingerprint density at radius 2 is 1.40 bits per heavy atom. The summed E-state index contributed by atoms with van der Waals surface area (Å²) in [7, 11) is 0. The lowest BCUT2D eigenvalue weighted by Crippen LogP contribution is -2.49. The molecule has 30 heavy (non-hydrogen) atoms. The van der Waals surface area contributed by atoms with Gasteiger partial charge in [-0.05, 0) is 55.5 Å². The molecule has 3 aromatic carbocycles. The lowest BCUT2D eigenvalue weighted by Gasteiger charge is -2.27. The van der Waals surface area contributed by atoms with E-state index in [1.165, 1.54) is 0 Å². The molecule has 1 unspecified atom stereocenters. The fourth-order valence-corrected chi connectivity index (χ4v) is 2.85. The molecule has 0 fully saturated rings. The van der Waals surface area contributed by atoms with Gasteiger partial charge in [0.05, 0.1) is 11.4 Å². The molecule has 0 radical (unpaired) electrons. The van der Waals surface area contributed by atoms with Crippen LogP contribution in [-0.4, -0.2) is 15.9 Å². The lowest BCUT2D eigenvalue weighted by molar-refractivity contribution is 0.0942. The molecule has 3 aromatic rings. The number of carbonyl (C=O) groups is 1. The van der Waals surface area contributed by atoms with Crippen LogP contribution >= 0.6 is 34.8 Å². The number of nitrogens with one attached hydrogen (secondary N) is 2. The first-order valence-corrected chi connectivity index (χ1v) is 10.2. The van der Waals surface area contributed by atoms with E-state index in [0.717, 1.165) is 11.3 Å². The molecule has 0 aliphatic carbocycles. The number of halogens is 3. The molecule has 1 amide bonds. The molecule has 0 bridgehead atoms. The summed E-state index contributed by atoms with van der Waals surface area (Å²) in [6, 6.07) is 23.6. The maximum Gasteiger partial charge on any atom is 0.252 e. The van der Waals surface area contributed by atoms with Crippen LogP contribution in [0.25, 0.3) is 0 Å². The zero-order valence-electron chi connectivity index (χ0n) is 16.0. The number of anilines is 1. The Hall–Kier alpha value is -2.60. The van der Waals surface area contributed by atoms with Gasteiger partial charge in [0.25, 0.3) is 5.91 Å². The molecule has 5 nitrogen and oxygen atoms in total. The quantitative estimate of drug-likeness (QED) is 0.237. The van der Waals surface area contributed by atoms with Crippen molar-refractivity contribution >= 4 is 57.8 Å². The summed E-state index contributed by atoms with van der Waals surface area (Å²) < 4.78 is -1.77. The SMILES string of the molecule is Cc1ccc(C(=O)NC(Nc2ccc(N=Nc3ccccc3)cc2)C(Cl)(Cl)Cl)cc1. The average molecular weight is 462 g/mol. The van der Waals surface area contributed by atoms with E-state index in [9.17, 15) is 4.79 Å². The van der Waals surface area contributed by atoms with E-state index >= 15 is 0 Å². The van der Waals surface area contributed by atoms with Crippen LogP contribution in [0.3, 0.4) is 0 Å². The molecule has 0 saturated carbocycles. The second kappa shape index (κ2) is 9.94. The highest BCUT2D eigenvalue weighted by atomic mass is 35.6. The fraction of sp³-hybridized carbons (Fsp3) is 0.136. The van der Waals surface area contributed by atoms with E-state index in [1.807, 2.05) is 49.4 Å². The molecule has 0 aromatic heterocycles. The number of benzene rings is 3. The summed E-state index contributed by atoms with van der Waals surface area (Å²) in [6.45, 7) is 1.94. The summed E-state index contributed by atoms with van der Waals surface area (Å²) in [6.07, 6.45) is -0.951. The summed E-state index contributed by atoms with van der Waals surface area (Å²) in [5, 5.41) is 14.1. The third-order valence-electron chi connectivity index (χ3n) is 4.13. The Balaban J connectivity index is 1.68. The van der Waals surface area contributed by atoms with Crippen molar-refractivity contribution in [3.8, 4) is 0 Å². The first kappa shape index (κ1) is 22.1. The molecule has 154 valence electrons. The van der Waals surface area contributed by atoms with E-state index in [-0.39, 0.29) is 5.91 Å². The first-order valence-electron chi connectivity index (χ1n) is 9.09. The minimum absolute atomic E-state index is 0.355. The number of alkyl halides is 3.